The third-order valence-electron chi connectivity index (χ3n) is 10.3. The van der Waals surface area contributed by atoms with E-state index in [1.54, 1.807) is 0 Å². The Bertz CT molecular complexity index is 1280. The monoisotopic (exact) mass is 891 g/mol. The Hall–Kier alpha value is -2.55. The highest BCUT2D eigenvalue weighted by Gasteiger charge is 2.27. The summed E-state index contributed by atoms with van der Waals surface area (Å²) in [6.07, 6.45) is 55.3. The van der Waals surface area contributed by atoms with E-state index in [1.807, 2.05) is 21.1 Å². The summed E-state index contributed by atoms with van der Waals surface area (Å²) in [5.74, 6) is -0.848. The minimum absolute atomic E-state index is 0.0207. The van der Waals surface area contributed by atoms with Crippen molar-refractivity contribution in [2.24, 2.45) is 0 Å². The molecule has 9 nitrogen and oxygen atoms in total. The van der Waals surface area contributed by atoms with Gasteiger partial charge in [-0.15, -0.1) is 0 Å². The van der Waals surface area contributed by atoms with Crippen LogP contribution in [-0.2, 0) is 32.7 Å². The first-order valence-electron chi connectivity index (χ1n) is 24.7. The summed E-state index contributed by atoms with van der Waals surface area (Å²) in [5, 5.41) is 0. The second-order valence-corrected chi connectivity index (χ2v) is 18.9. The Morgan fingerprint density at radius 3 is 1.37 bits per heavy atom. The lowest BCUT2D eigenvalue weighted by molar-refractivity contribution is -0.870. The Morgan fingerprint density at radius 2 is 0.919 bits per heavy atom. The van der Waals surface area contributed by atoms with Gasteiger partial charge in [0.1, 0.15) is 19.8 Å². The predicted molar refractivity (Wildman–Crippen MR) is 261 cm³/mol. The zero-order chi connectivity index (χ0) is 45.7. The van der Waals surface area contributed by atoms with Gasteiger partial charge in [-0.3, -0.25) is 18.6 Å². The first kappa shape index (κ1) is 59.5. The number of hydrogen-bond acceptors (Lipinski definition) is 7. The van der Waals surface area contributed by atoms with Crippen LogP contribution in [0.4, 0.5) is 0 Å². The van der Waals surface area contributed by atoms with Gasteiger partial charge < -0.3 is 18.9 Å². The number of carbonyl (C=O) groups is 2. The van der Waals surface area contributed by atoms with Crippen LogP contribution >= 0.6 is 7.82 Å². The average Bonchev–Trinajstić information content (AvgIpc) is 3.23. The maximum atomic E-state index is 12.7. The van der Waals surface area contributed by atoms with Crippen LogP contribution in [0.2, 0.25) is 0 Å². The van der Waals surface area contributed by atoms with E-state index >= 15 is 0 Å². The van der Waals surface area contributed by atoms with Crippen molar-refractivity contribution < 1.29 is 42.1 Å². The lowest BCUT2D eigenvalue weighted by Gasteiger charge is -2.24. The van der Waals surface area contributed by atoms with E-state index in [0.29, 0.717) is 17.4 Å². The lowest BCUT2D eigenvalue weighted by atomic mass is 10.0. The molecule has 358 valence electrons. The number of unbranched alkanes of at least 4 members (excludes halogenated alkanes) is 18. The number of ether oxygens (including phenoxy) is 2. The second kappa shape index (κ2) is 43.7. The number of hydrogen-bond donors (Lipinski definition) is 1. The van der Waals surface area contributed by atoms with Crippen LogP contribution < -0.4 is 0 Å². The van der Waals surface area contributed by atoms with Gasteiger partial charge in [0.15, 0.2) is 6.10 Å². The van der Waals surface area contributed by atoms with E-state index in [1.165, 1.54) is 89.9 Å². The van der Waals surface area contributed by atoms with E-state index in [0.717, 1.165) is 70.6 Å². The zero-order valence-electron chi connectivity index (χ0n) is 40.3. The highest BCUT2D eigenvalue weighted by atomic mass is 31.2. The number of quaternary nitrogens is 1. The SMILES string of the molecule is CC/C=C\C/C=C\C/C=C\C/C=C\C/C=C\C/C=C\CCCCC(=O)OC(COC(=O)CCCCCCCCCCCCCCCCCCC)COP(=O)(O)OCC[N+](C)(C)C. The van der Waals surface area contributed by atoms with Crippen molar-refractivity contribution in [3.8, 4) is 0 Å². The third kappa shape index (κ3) is 46.9. The summed E-state index contributed by atoms with van der Waals surface area (Å²) in [4.78, 5) is 35.5. The molecule has 0 saturated carbocycles. The summed E-state index contributed by atoms with van der Waals surface area (Å²) in [7, 11) is 1.44. The fourth-order valence-corrected chi connectivity index (χ4v) is 7.17. The molecular formula is C52H93NO8P+. The topological polar surface area (TPSA) is 108 Å². The van der Waals surface area contributed by atoms with Crippen LogP contribution in [0.3, 0.4) is 0 Å². The molecule has 0 amide bonds. The van der Waals surface area contributed by atoms with Gasteiger partial charge in [0.25, 0.3) is 0 Å². The quantitative estimate of drug-likeness (QED) is 0.0212. The van der Waals surface area contributed by atoms with Crippen LogP contribution in [0.5, 0.6) is 0 Å². The highest BCUT2D eigenvalue weighted by molar-refractivity contribution is 7.47. The molecule has 0 heterocycles. The van der Waals surface area contributed by atoms with Gasteiger partial charge >= 0.3 is 19.8 Å². The average molecular weight is 891 g/mol. The molecule has 0 aromatic rings. The number of likely N-dealkylation sites (N-methyl/N-ethyl adjacent to an activating group) is 1. The molecule has 0 spiro atoms. The molecule has 0 bridgehead atoms. The molecular weight excluding hydrogens is 798 g/mol. The first-order valence-corrected chi connectivity index (χ1v) is 26.2. The number of nitrogens with zero attached hydrogens (tertiary/aromatic N) is 1. The Balaban J connectivity index is 4.38. The summed E-state index contributed by atoms with van der Waals surface area (Å²) in [6, 6.07) is 0. The first-order chi connectivity index (χ1) is 30.0. The highest BCUT2D eigenvalue weighted by Crippen LogP contribution is 2.43. The molecule has 2 atom stereocenters. The Labute approximate surface area is 380 Å². The molecule has 0 radical (unpaired) electrons. The van der Waals surface area contributed by atoms with Gasteiger partial charge in [-0.25, -0.2) is 4.57 Å². The summed E-state index contributed by atoms with van der Waals surface area (Å²) in [5.41, 5.74) is 0. The van der Waals surface area contributed by atoms with Crippen molar-refractivity contribution >= 4 is 19.8 Å². The number of phosphoric ester groups is 1. The van der Waals surface area contributed by atoms with Gasteiger partial charge in [-0.1, -0.05) is 189 Å². The number of allylic oxidation sites excluding steroid dienone is 12. The molecule has 1 N–H and O–H groups in total. The minimum atomic E-state index is -4.39. The largest absolute Gasteiger partial charge is 0.472 e. The molecule has 0 aliphatic rings. The number of carbonyl (C=O) groups excluding carboxylic acids is 2. The van der Waals surface area contributed by atoms with Crippen molar-refractivity contribution in [2.45, 2.75) is 200 Å². The van der Waals surface area contributed by atoms with Crippen molar-refractivity contribution in [1.29, 1.82) is 0 Å². The molecule has 0 saturated heterocycles. The van der Waals surface area contributed by atoms with Crippen LogP contribution in [-0.4, -0.2) is 74.9 Å². The van der Waals surface area contributed by atoms with Crippen LogP contribution in [0.15, 0.2) is 72.9 Å². The molecule has 62 heavy (non-hydrogen) atoms. The van der Waals surface area contributed by atoms with Crippen LogP contribution in [0.25, 0.3) is 0 Å². The van der Waals surface area contributed by atoms with Crippen LogP contribution in [0, 0.1) is 0 Å². The zero-order valence-corrected chi connectivity index (χ0v) is 41.2. The lowest BCUT2D eigenvalue weighted by Crippen LogP contribution is -2.37. The Morgan fingerprint density at radius 1 is 0.516 bits per heavy atom. The smallest absolute Gasteiger partial charge is 0.462 e. The molecule has 0 rings (SSSR count). The predicted octanol–water partition coefficient (Wildman–Crippen LogP) is 14.6. The summed E-state index contributed by atoms with van der Waals surface area (Å²) >= 11 is 0. The standard InChI is InChI=1S/C52H92NO8P/c1-6-8-10-12-14-16-18-20-22-24-25-26-27-29-31-33-35-37-39-41-43-45-52(55)61-50(49-60-62(56,57)59-47-46-53(3,4)5)48-58-51(54)44-42-40-38-36-34-32-30-28-23-21-19-17-15-13-11-9-7-2/h8,10,14,16,20,22,25-26,29,31,35,37,50H,6-7,9,11-13,15,17-19,21,23-24,27-28,30,32-34,36,38-49H2,1-5H3/p+1/b10-8-,16-14-,22-20-,26-25-,31-29-,37-35-. The number of rotatable bonds is 44. The molecule has 0 aliphatic heterocycles. The van der Waals surface area contributed by atoms with E-state index in [-0.39, 0.29) is 32.0 Å². The normalized spacial score (nSPS) is 14.1. The fraction of sp³-hybridized carbons (Fsp3) is 0.731. The van der Waals surface area contributed by atoms with E-state index < -0.39 is 26.5 Å². The van der Waals surface area contributed by atoms with Crippen molar-refractivity contribution in [1.82, 2.24) is 0 Å². The van der Waals surface area contributed by atoms with E-state index in [4.69, 9.17) is 18.5 Å². The van der Waals surface area contributed by atoms with E-state index in [2.05, 4.69) is 86.8 Å². The minimum Gasteiger partial charge on any atom is -0.462 e. The molecule has 0 aromatic carbocycles. The molecule has 0 aromatic heterocycles. The van der Waals surface area contributed by atoms with Crippen molar-refractivity contribution in [3.63, 3.8) is 0 Å². The maximum Gasteiger partial charge on any atom is 0.472 e. The van der Waals surface area contributed by atoms with Crippen LogP contribution in [0.1, 0.15) is 194 Å². The van der Waals surface area contributed by atoms with Gasteiger partial charge in [0, 0.05) is 12.8 Å². The van der Waals surface area contributed by atoms with Gasteiger partial charge in [-0.2, -0.15) is 0 Å². The molecule has 10 heteroatoms. The molecule has 2 unspecified atom stereocenters. The fourth-order valence-electron chi connectivity index (χ4n) is 6.43. The van der Waals surface area contributed by atoms with Gasteiger partial charge in [-0.05, 0) is 64.2 Å². The van der Waals surface area contributed by atoms with Crippen molar-refractivity contribution in [2.75, 3.05) is 47.5 Å². The number of phosphoric acid groups is 1. The second-order valence-electron chi connectivity index (χ2n) is 17.5. The van der Waals surface area contributed by atoms with Crippen molar-refractivity contribution in [3.05, 3.63) is 72.9 Å². The Kier molecular flexibility index (Phi) is 41.9. The molecule has 0 aliphatic carbocycles. The summed E-state index contributed by atoms with van der Waals surface area (Å²) < 4.78 is 34.4. The van der Waals surface area contributed by atoms with Gasteiger partial charge in [0.05, 0.1) is 27.7 Å². The summed E-state index contributed by atoms with van der Waals surface area (Å²) in [6.45, 7) is 4.27. The van der Waals surface area contributed by atoms with Gasteiger partial charge in [0.2, 0.25) is 0 Å². The number of esters is 2. The maximum absolute atomic E-state index is 12.7. The van der Waals surface area contributed by atoms with E-state index in [9.17, 15) is 19.0 Å². The molecule has 0 fully saturated rings. The third-order valence-corrected chi connectivity index (χ3v) is 11.2.